The Labute approximate surface area is 78.2 Å². The second kappa shape index (κ2) is 5.61. The van der Waals surface area contributed by atoms with E-state index in [2.05, 4.69) is 24.6 Å². The predicted molar refractivity (Wildman–Crippen MR) is 58.0 cm³/mol. The zero-order valence-electron chi connectivity index (χ0n) is 7.63. The molecule has 0 aliphatic rings. The fourth-order valence-corrected chi connectivity index (χ4v) is 1.18. The van der Waals surface area contributed by atoms with Gasteiger partial charge in [0, 0.05) is 4.88 Å². The van der Waals surface area contributed by atoms with Crippen molar-refractivity contribution in [2.75, 3.05) is 0 Å². The van der Waals surface area contributed by atoms with Gasteiger partial charge < -0.3 is 5.73 Å². The average Bonchev–Trinajstić information content (AvgIpc) is 2.34. The highest BCUT2D eigenvalue weighted by atomic mass is 32.1. The van der Waals surface area contributed by atoms with Gasteiger partial charge in [-0.3, -0.25) is 0 Å². The van der Waals surface area contributed by atoms with E-state index in [0.717, 1.165) is 5.57 Å². The molecule has 1 rings (SSSR count). The van der Waals surface area contributed by atoms with Gasteiger partial charge in [-0.05, 0) is 36.6 Å². The van der Waals surface area contributed by atoms with Gasteiger partial charge in [-0.15, -0.1) is 11.3 Å². The van der Waals surface area contributed by atoms with Gasteiger partial charge in [0.25, 0.3) is 0 Å². The quantitative estimate of drug-likeness (QED) is 0.707. The van der Waals surface area contributed by atoms with Crippen LogP contribution in [-0.4, -0.2) is 0 Å². The number of rotatable bonds is 1. The van der Waals surface area contributed by atoms with E-state index in [1.54, 1.807) is 18.3 Å². The minimum atomic E-state index is 0.667. The van der Waals surface area contributed by atoms with Gasteiger partial charge in [0.2, 0.25) is 0 Å². The summed E-state index contributed by atoms with van der Waals surface area (Å²) >= 11 is 1.73. The maximum atomic E-state index is 4.92. The molecule has 12 heavy (non-hydrogen) atoms. The molecule has 1 heterocycles. The van der Waals surface area contributed by atoms with Gasteiger partial charge in [-0.1, -0.05) is 19.2 Å². The molecule has 2 N–H and O–H groups in total. The summed E-state index contributed by atoms with van der Waals surface area (Å²) in [6.45, 7) is 10.9. The van der Waals surface area contributed by atoms with Crippen LogP contribution >= 0.6 is 11.3 Å². The molecule has 0 saturated heterocycles. The number of thiophene rings is 1. The normalized spacial score (nSPS) is 8.17. The highest BCUT2D eigenvalue weighted by Crippen LogP contribution is 2.16. The van der Waals surface area contributed by atoms with Crippen molar-refractivity contribution in [1.29, 1.82) is 0 Å². The zero-order chi connectivity index (χ0) is 9.56. The Bertz CT molecular complexity index is 243. The molecule has 1 nitrogen and oxygen atoms in total. The molecule has 0 aliphatic heterocycles. The van der Waals surface area contributed by atoms with E-state index in [9.17, 15) is 0 Å². The predicted octanol–water partition coefficient (Wildman–Crippen LogP) is 3.26. The molecule has 0 unspecified atom stereocenters. The van der Waals surface area contributed by atoms with E-state index in [1.165, 1.54) is 4.88 Å². The second-order valence-corrected chi connectivity index (χ2v) is 3.55. The van der Waals surface area contributed by atoms with Crippen LogP contribution in [0, 0.1) is 0 Å². The van der Waals surface area contributed by atoms with Crippen molar-refractivity contribution in [2.24, 2.45) is 5.73 Å². The van der Waals surface area contributed by atoms with Crippen LogP contribution in [0.25, 0.3) is 5.57 Å². The molecular weight excluding hydrogens is 166 g/mol. The molecule has 1 aromatic heterocycles. The van der Waals surface area contributed by atoms with Gasteiger partial charge in [0.15, 0.2) is 0 Å². The maximum Gasteiger partial charge on any atom is 0.0293 e. The van der Waals surface area contributed by atoms with Gasteiger partial charge in [0.1, 0.15) is 0 Å². The minimum absolute atomic E-state index is 0.667. The summed E-state index contributed by atoms with van der Waals surface area (Å²) in [4.78, 5) is 1.28. The highest BCUT2D eigenvalue weighted by molar-refractivity contribution is 7.11. The summed E-state index contributed by atoms with van der Waals surface area (Å²) < 4.78 is 0. The fraction of sp³-hybridized carbons (Fsp3) is 0.200. The number of hydrogen-bond acceptors (Lipinski definition) is 2. The van der Waals surface area contributed by atoms with Gasteiger partial charge in [-0.25, -0.2) is 0 Å². The van der Waals surface area contributed by atoms with Crippen molar-refractivity contribution in [3.63, 3.8) is 0 Å². The van der Waals surface area contributed by atoms with E-state index in [-0.39, 0.29) is 0 Å². The molecule has 0 spiro atoms. The van der Waals surface area contributed by atoms with Crippen molar-refractivity contribution in [2.45, 2.75) is 13.8 Å². The molecular formula is C10H15NS. The summed E-state index contributed by atoms with van der Waals surface area (Å²) in [5.74, 6) is 0. The van der Waals surface area contributed by atoms with Gasteiger partial charge in [-0.2, -0.15) is 0 Å². The van der Waals surface area contributed by atoms with E-state index >= 15 is 0 Å². The first-order valence-corrected chi connectivity index (χ1v) is 4.52. The topological polar surface area (TPSA) is 26.0 Å². The Morgan fingerprint density at radius 3 is 2.08 bits per heavy atom. The molecule has 1 aromatic rings. The smallest absolute Gasteiger partial charge is 0.0293 e. The van der Waals surface area contributed by atoms with E-state index in [4.69, 9.17) is 5.73 Å². The fourth-order valence-electron chi connectivity index (χ4n) is 0.521. The summed E-state index contributed by atoms with van der Waals surface area (Å²) in [6.07, 6.45) is 0. The maximum absolute atomic E-state index is 4.92. The monoisotopic (exact) mass is 181 g/mol. The lowest BCUT2D eigenvalue weighted by atomic mass is 10.3. The third kappa shape index (κ3) is 5.74. The molecule has 0 aliphatic carbocycles. The first-order valence-electron chi connectivity index (χ1n) is 3.64. The summed E-state index contributed by atoms with van der Waals surface area (Å²) in [7, 11) is 0. The second-order valence-electron chi connectivity index (χ2n) is 2.60. The van der Waals surface area contributed by atoms with Crippen LogP contribution in [0.4, 0.5) is 0 Å². The first-order chi connectivity index (χ1) is 5.54. The van der Waals surface area contributed by atoms with Crippen LogP contribution in [0.1, 0.15) is 18.7 Å². The van der Waals surface area contributed by atoms with E-state index in [1.807, 2.05) is 13.0 Å². The SMILES string of the molecule is C=C(C)N.C=C(C)c1cccs1. The molecule has 2 heteroatoms. The Hall–Kier alpha value is -1.02. The van der Waals surface area contributed by atoms with Crippen molar-refractivity contribution < 1.29 is 0 Å². The van der Waals surface area contributed by atoms with Gasteiger partial charge >= 0.3 is 0 Å². The van der Waals surface area contributed by atoms with Crippen molar-refractivity contribution in [1.82, 2.24) is 0 Å². The summed E-state index contributed by atoms with van der Waals surface area (Å²) in [5.41, 5.74) is 6.74. The van der Waals surface area contributed by atoms with Crippen LogP contribution in [0.5, 0.6) is 0 Å². The lowest BCUT2D eigenvalue weighted by Crippen LogP contribution is -1.83. The van der Waals surface area contributed by atoms with E-state index in [0.29, 0.717) is 5.70 Å². The summed E-state index contributed by atoms with van der Waals surface area (Å²) in [5, 5.41) is 2.06. The van der Waals surface area contributed by atoms with E-state index < -0.39 is 0 Å². The molecule has 0 aromatic carbocycles. The zero-order valence-corrected chi connectivity index (χ0v) is 8.45. The number of nitrogens with two attached hydrogens (primary N) is 1. The molecule has 0 amide bonds. The molecule has 0 bridgehead atoms. The van der Waals surface area contributed by atoms with Crippen LogP contribution in [0.3, 0.4) is 0 Å². The Morgan fingerprint density at radius 1 is 1.42 bits per heavy atom. The largest absolute Gasteiger partial charge is 0.403 e. The number of allylic oxidation sites excluding steroid dienone is 2. The first kappa shape index (κ1) is 11.0. The third-order valence-corrected chi connectivity index (χ3v) is 1.97. The Balaban J connectivity index is 0.000000261. The highest BCUT2D eigenvalue weighted by Gasteiger charge is 1.88. The Kier molecular flexibility index (Phi) is 5.13. The molecule has 66 valence electrons. The lowest BCUT2D eigenvalue weighted by Gasteiger charge is -1.86. The molecule has 0 fully saturated rings. The van der Waals surface area contributed by atoms with Crippen molar-refractivity contribution in [3.8, 4) is 0 Å². The minimum Gasteiger partial charge on any atom is -0.403 e. The lowest BCUT2D eigenvalue weighted by molar-refractivity contribution is 1.34. The van der Waals surface area contributed by atoms with Crippen LogP contribution in [0.2, 0.25) is 0 Å². The van der Waals surface area contributed by atoms with Crippen LogP contribution in [0.15, 0.2) is 36.4 Å². The molecule has 0 radical (unpaired) electrons. The summed E-state index contributed by atoms with van der Waals surface area (Å²) in [6, 6.07) is 4.11. The Morgan fingerprint density at radius 2 is 1.92 bits per heavy atom. The van der Waals surface area contributed by atoms with Crippen molar-refractivity contribution in [3.05, 3.63) is 41.2 Å². The van der Waals surface area contributed by atoms with Crippen LogP contribution < -0.4 is 5.73 Å². The third-order valence-electron chi connectivity index (χ3n) is 0.942. The van der Waals surface area contributed by atoms with Crippen molar-refractivity contribution >= 4 is 16.9 Å². The molecule has 0 atom stereocenters. The average molecular weight is 181 g/mol. The van der Waals surface area contributed by atoms with Crippen LogP contribution in [-0.2, 0) is 0 Å². The standard InChI is InChI=1S/C7H8S.C3H7N/c1-6(2)7-4-3-5-8-7;1-3(2)4/h3-5H,1H2,2H3;1,4H2,2H3. The number of hydrogen-bond donors (Lipinski definition) is 1. The molecule has 0 saturated carbocycles. The van der Waals surface area contributed by atoms with Gasteiger partial charge in [0.05, 0.1) is 0 Å².